The molecule has 1 unspecified atom stereocenters. The number of likely N-dealkylation sites (tertiary alicyclic amines) is 1. The lowest BCUT2D eigenvalue weighted by atomic mass is 10.1. The standard InChI is InChI=1S/C16H20N4O3S/c1-17-24(22,23)14-7-5-12(6-8-14)16(21)20-9-3-4-15(20)13-10-18-19(2)11-13/h5-8,10-11,15,17H,3-4,9H2,1-2H3. The molecule has 1 aliphatic rings. The smallest absolute Gasteiger partial charge is 0.254 e. The van der Waals surface area contributed by atoms with Crippen LogP contribution in [0.15, 0.2) is 41.6 Å². The predicted molar refractivity (Wildman–Crippen MR) is 88.9 cm³/mol. The van der Waals surface area contributed by atoms with Crippen molar-refractivity contribution in [1.82, 2.24) is 19.4 Å². The van der Waals surface area contributed by atoms with Crippen LogP contribution >= 0.6 is 0 Å². The third-order valence-electron chi connectivity index (χ3n) is 4.30. The average Bonchev–Trinajstić information content (AvgIpc) is 3.23. The summed E-state index contributed by atoms with van der Waals surface area (Å²) in [5.74, 6) is -0.0882. The molecule has 2 heterocycles. The molecule has 1 aromatic carbocycles. The molecule has 3 rings (SSSR count). The lowest BCUT2D eigenvalue weighted by Crippen LogP contribution is -2.30. The van der Waals surface area contributed by atoms with Crippen LogP contribution in [0.3, 0.4) is 0 Å². The van der Waals surface area contributed by atoms with Gasteiger partial charge in [0.15, 0.2) is 0 Å². The summed E-state index contributed by atoms with van der Waals surface area (Å²) in [5, 5.41) is 4.18. The number of sulfonamides is 1. The zero-order valence-corrected chi connectivity index (χ0v) is 14.5. The summed E-state index contributed by atoms with van der Waals surface area (Å²) in [7, 11) is -0.286. The van der Waals surface area contributed by atoms with Crippen molar-refractivity contribution in [2.75, 3.05) is 13.6 Å². The van der Waals surface area contributed by atoms with Crippen LogP contribution in [0, 0.1) is 0 Å². The first-order valence-corrected chi connectivity index (χ1v) is 9.24. The van der Waals surface area contributed by atoms with Crippen molar-refractivity contribution in [3.8, 4) is 0 Å². The van der Waals surface area contributed by atoms with Gasteiger partial charge < -0.3 is 4.90 Å². The van der Waals surface area contributed by atoms with E-state index in [1.54, 1.807) is 23.0 Å². The van der Waals surface area contributed by atoms with Crippen molar-refractivity contribution in [1.29, 1.82) is 0 Å². The average molecular weight is 348 g/mol. The first kappa shape index (κ1) is 16.7. The lowest BCUT2D eigenvalue weighted by molar-refractivity contribution is 0.0735. The van der Waals surface area contributed by atoms with Crippen LogP contribution in [0.2, 0.25) is 0 Å². The van der Waals surface area contributed by atoms with Gasteiger partial charge in [0.05, 0.1) is 17.1 Å². The van der Waals surface area contributed by atoms with Gasteiger partial charge in [-0.1, -0.05) is 0 Å². The molecular formula is C16H20N4O3S. The van der Waals surface area contributed by atoms with Crippen LogP contribution in [0.1, 0.15) is 34.8 Å². The fraction of sp³-hybridized carbons (Fsp3) is 0.375. The van der Waals surface area contributed by atoms with Gasteiger partial charge in [-0.15, -0.1) is 0 Å². The normalized spacial score (nSPS) is 18.1. The fourth-order valence-electron chi connectivity index (χ4n) is 3.03. The number of benzene rings is 1. The number of aryl methyl sites for hydroxylation is 1. The zero-order chi connectivity index (χ0) is 17.3. The Morgan fingerprint density at radius 2 is 2.00 bits per heavy atom. The number of nitrogens with one attached hydrogen (secondary N) is 1. The van der Waals surface area contributed by atoms with Gasteiger partial charge in [-0.25, -0.2) is 13.1 Å². The summed E-state index contributed by atoms with van der Waals surface area (Å²) in [6, 6.07) is 6.05. The molecule has 128 valence electrons. The minimum Gasteiger partial charge on any atom is -0.331 e. The van der Waals surface area contributed by atoms with Crippen LogP contribution in [-0.2, 0) is 17.1 Å². The molecule has 7 nitrogen and oxygen atoms in total. The third-order valence-corrected chi connectivity index (χ3v) is 5.73. The highest BCUT2D eigenvalue weighted by Gasteiger charge is 2.31. The Morgan fingerprint density at radius 1 is 1.29 bits per heavy atom. The van der Waals surface area contributed by atoms with Crippen molar-refractivity contribution in [3.05, 3.63) is 47.8 Å². The van der Waals surface area contributed by atoms with E-state index in [1.165, 1.54) is 19.2 Å². The van der Waals surface area contributed by atoms with Gasteiger partial charge in [0, 0.05) is 30.9 Å². The second-order valence-electron chi connectivity index (χ2n) is 5.84. The van der Waals surface area contributed by atoms with Crippen LogP contribution in [0.5, 0.6) is 0 Å². The number of amides is 1. The van der Waals surface area contributed by atoms with Crippen molar-refractivity contribution >= 4 is 15.9 Å². The van der Waals surface area contributed by atoms with Crippen molar-refractivity contribution in [2.45, 2.75) is 23.8 Å². The largest absolute Gasteiger partial charge is 0.331 e. The van der Waals surface area contributed by atoms with E-state index in [4.69, 9.17) is 0 Å². The van der Waals surface area contributed by atoms with Crippen molar-refractivity contribution in [3.63, 3.8) is 0 Å². The second kappa shape index (κ2) is 6.37. The van der Waals surface area contributed by atoms with E-state index in [0.29, 0.717) is 12.1 Å². The topological polar surface area (TPSA) is 84.3 Å². The van der Waals surface area contributed by atoms with Crippen LogP contribution in [0.25, 0.3) is 0 Å². The number of hydrogen-bond acceptors (Lipinski definition) is 4. The van der Waals surface area contributed by atoms with Crippen molar-refractivity contribution < 1.29 is 13.2 Å². The molecule has 1 atom stereocenters. The van der Waals surface area contributed by atoms with E-state index in [0.717, 1.165) is 18.4 Å². The first-order chi connectivity index (χ1) is 11.4. The Labute approximate surface area is 141 Å². The summed E-state index contributed by atoms with van der Waals surface area (Å²) < 4.78 is 27.5. The summed E-state index contributed by atoms with van der Waals surface area (Å²) in [6.45, 7) is 0.689. The molecule has 0 aliphatic carbocycles. The molecule has 1 aliphatic heterocycles. The number of carbonyl (C=O) groups excluding carboxylic acids is 1. The molecule has 0 bridgehead atoms. The van der Waals surface area contributed by atoms with Gasteiger partial charge in [-0.05, 0) is 44.2 Å². The Bertz CT molecular complexity index is 842. The summed E-state index contributed by atoms with van der Waals surface area (Å²) in [6.07, 6.45) is 5.57. The molecule has 1 amide bonds. The molecular weight excluding hydrogens is 328 g/mol. The highest BCUT2D eigenvalue weighted by Crippen LogP contribution is 2.32. The summed E-state index contributed by atoms with van der Waals surface area (Å²) in [4.78, 5) is 14.8. The third kappa shape index (κ3) is 3.07. The highest BCUT2D eigenvalue weighted by molar-refractivity contribution is 7.89. The Balaban J connectivity index is 1.83. The Hall–Kier alpha value is -2.19. The number of nitrogens with zero attached hydrogens (tertiary/aromatic N) is 3. The molecule has 24 heavy (non-hydrogen) atoms. The molecule has 1 N–H and O–H groups in total. The quantitative estimate of drug-likeness (QED) is 0.903. The number of carbonyl (C=O) groups is 1. The number of aromatic nitrogens is 2. The molecule has 0 spiro atoms. The van der Waals surface area contributed by atoms with E-state index < -0.39 is 10.0 Å². The maximum absolute atomic E-state index is 12.8. The molecule has 0 saturated carbocycles. The van der Waals surface area contributed by atoms with Gasteiger partial charge in [0.2, 0.25) is 10.0 Å². The van der Waals surface area contributed by atoms with E-state index >= 15 is 0 Å². The number of rotatable bonds is 4. The molecule has 1 fully saturated rings. The Morgan fingerprint density at radius 3 is 2.58 bits per heavy atom. The molecule has 1 saturated heterocycles. The van der Waals surface area contributed by atoms with Crippen LogP contribution in [-0.4, -0.2) is 42.6 Å². The van der Waals surface area contributed by atoms with E-state index in [-0.39, 0.29) is 16.8 Å². The van der Waals surface area contributed by atoms with E-state index in [9.17, 15) is 13.2 Å². The first-order valence-electron chi connectivity index (χ1n) is 7.75. The molecule has 8 heteroatoms. The molecule has 0 radical (unpaired) electrons. The summed E-state index contributed by atoms with van der Waals surface area (Å²) in [5.41, 5.74) is 1.51. The lowest BCUT2D eigenvalue weighted by Gasteiger charge is -2.24. The van der Waals surface area contributed by atoms with Crippen molar-refractivity contribution in [2.24, 2.45) is 7.05 Å². The molecule has 1 aromatic heterocycles. The maximum Gasteiger partial charge on any atom is 0.254 e. The van der Waals surface area contributed by atoms with Crippen LogP contribution < -0.4 is 4.72 Å². The highest BCUT2D eigenvalue weighted by atomic mass is 32.2. The number of hydrogen-bond donors (Lipinski definition) is 1. The minimum atomic E-state index is -3.50. The SMILES string of the molecule is CNS(=O)(=O)c1ccc(C(=O)N2CCCC2c2cnn(C)c2)cc1. The van der Waals surface area contributed by atoms with Crippen LogP contribution in [0.4, 0.5) is 0 Å². The van der Waals surface area contributed by atoms with E-state index in [1.807, 2.05) is 18.1 Å². The Kier molecular flexibility index (Phi) is 4.42. The monoisotopic (exact) mass is 348 g/mol. The maximum atomic E-state index is 12.8. The molecule has 2 aromatic rings. The van der Waals surface area contributed by atoms with Gasteiger partial charge in [0.25, 0.3) is 5.91 Å². The fourth-order valence-corrected chi connectivity index (χ4v) is 3.76. The summed E-state index contributed by atoms with van der Waals surface area (Å²) >= 11 is 0. The van der Waals surface area contributed by atoms with Gasteiger partial charge in [-0.2, -0.15) is 5.10 Å². The minimum absolute atomic E-state index is 0.0203. The van der Waals surface area contributed by atoms with E-state index in [2.05, 4.69) is 9.82 Å². The second-order valence-corrected chi connectivity index (χ2v) is 7.72. The van der Waals surface area contributed by atoms with Gasteiger partial charge in [0.1, 0.15) is 0 Å². The predicted octanol–water partition coefficient (Wildman–Crippen LogP) is 1.31. The zero-order valence-electron chi connectivity index (χ0n) is 13.6. The van der Waals surface area contributed by atoms with Gasteiger partial charge >= 0.3 is 0 Å². The van der Waals surface area contributed by atoms with Gasteiger partial charge in [-0.3, -0.25) is 9.48 Å².